The number of aromatic nitrogens is 3. The highest BCUT2D eigenvalue weighted by Crippen LogP contribution is 2.55. The molecule has 1 aliphatic heterocycles. The van der Waals surface area contributed by atoms with E-state index >= 15 is 0 Å². The number of carbonyl (C=O) groups is 2. The number of aryl methyl sites for hydroxylation is 1. The van der Waals surface area contributed by atoms with Gasteiger partial charge < -0.3 is 4.74 Å². The molecular weight excluding hydrogens is 449 g/mol. The normalized spacial score (nSPS) is 19.4. The van der Waals surface area contributed by atoms with Gasteiger partial charge >= 0.3 is 12.3 Å². The van der Waals surface area contributed by atoms with Gasteiger partial charge in [-0.25, -0.2) is 14.8 Å². The van der Waals surface area contributed by atoms with Gasteiger partial charge in [0.15, 0.2) is 5.78 Å². The fourth-order valence-electron chi connectivity index (χ4n) is 4.22. The molecule has 3 heterocycles. The molecule has 0 radical (unpaired) electrons. The van der Waals surface area contributed by atoms with Crippen LogP contribution in [0.15, 0.2) is 30.7 Å². The number of ketones is 1. The van der Waals surface area contributed by atoms with Crippen molar-refractivity contribution in [1.82, 2.24) is 19.9 Å². The molecule has 2 aromatic rings. The fraction of sp³-hybridized carbons (Fsp3) is 0.542. The first-order chi connectivity index (χ1) is 15.9. The Morgan fingerprint density at radius 2 is 1.88 bits per heavy atom. The first-order valence-corrected chi connectivity index (χ1v) is 11.2. The molecule has 2 aromatic heterocycles. The average molecular weight is 476 g/mol. The van der Waals surface area contributed by atoms with Gasteiger partial charge in [0.2, 0.25) is 0 Å². The Kier molecular flexibility index (Phi) is 6.12. The van der Waals surface area contributed by atoms with Crippen LogP contribution in [0.3, 0.4) is 0 Å². The molecule has 2 aliphatic rings. The lowest BCUT2D eigenvalue weighted by Crippen LogP contribution is -2.43. The van der Waals surface area contributed by atoms with Gasteiger partial charge in [-0.3, -0.25) is 14.7 Å². The largest absolute Gasteiger partial charge is 0.444 e. The number of ether oxygens (including phenoxy) is 1. The van der Waals surface area contributed by atoms with Gasteiger partial charge in [0.05, 0.1) is 11.7 Å². The van der Waals surface area contributed by atoms with Crippen molar-refractivity contribution < 1.29 is 27.5 Å². The summed E-state index contributed by atoms with van der Waals surface area (Å²) < 4.78 is 43.8. The van der Waals surface area contributed by atoms with Crippen molar-refractivity contribution >= 4 is 11.9 Å². The van der Waals surface area contributed by atoms with Crippen molar-refractivity contribution in [2.75, 3.05) is 6.54 Å². The van der Waals surface area contributed by atoms with E-state index in [0.717, 1.165) is 25.1 Å². The van der Waals surface area contributed by atoms with Crippen LogP contribution in [0.2, 0.25) is 0 Å². The zero-order valence-electron chi connectivity index (χ0n) is 19.4. The lowest BCUT2D eigenvalue weighted by atomic mass is 9.98. The van der Waals surface area contributed by atoms with E-state index in [9.17, 15) is 22.8 Å². The summed E-state index contributed by atoms with van der Waals surface area (Å²) in [6.07, 6.45) is 0.629. The van der Waals surface area contributed by atoms with Crippen LogP contribution in [0.5, 0.6) is 0 Å². The van der Waals surface area contributed by atoms with Gasteiger partial charge in [0.25, 0.3) is 0 Å². The van der Waals surface area contributed by atoms with Crippen LogP contribution in [-0.4, -0.2) is 49.9 Å². The van der Waals surface area contributed by atoms with Crippen molar-refractivity contribution in [1.29, 1.82) is 0 Å². The third kappa shape index (κ3) is 5.53. The summed E-state index contributed by atoms with van der Waals surface area (Å²) in [5.41, 5.74) is -0.155. The van der Waals surface area contributed by atoms with Crippen molar-refractivity contribution in [2.45, 2.75) is 70.7 Å². The van der Waals surface area contributed by atoms with Gasteiger partial charge in [-0.1, -0.05) is 0 Å². The maximum atomic E-state index is 13.1. The minimum absolute atomic E-state index is 0.0366. The van der Waals surface area contributed by atoms with Gasteiger partial charge in [-0.05, 0) is 70.1 Å². The van der Waals surface area contributed by atoms with E-state index in [2.05, 4.69) is 15.0 Å². The second kappa shape index (κ2) is 8.63. The number of pyridine rings is 1. The van der Waals surface area contributed by atoms with Crippen molar-refractivity contribution in [3.8, 4) is 11.3 Å². The van der Waals surface area contributed by atoms with E-state index in [0.29, 0.717) is 36.3 Å². The minimum atomic E-state index is -4.51. The topological polar surface area (TPSA) is 85.3 Å². The summed E-state index contributed by atoms with van der Waals surface area (Å²) in [5.74, 6) is -0.0500. The SMILES string of the molecule is CC(C)(C)OC(=O)N1CC2(CC2)C[C@H]1C(=O)CCc1cc(-c2ccc(C(F)(F)F)nc2)ncn1. The number of amides is 1. The molecule has 182 valence electrons. The molecule has 1 spiro atoms. The third-order valence-electron chi connectivity index (χ3n) is 6.17. The molecule has 0 bridgehead atoms. The summed E-state index contributed by atoms with van der Waals surface area (Å²) in [5, 5.41) is 0. The summed E-state index contributed by atoms with van der Waals surface area (Å²) in [7, 11) is 0. The Morgan fingerprint density at radius 1 is 1.15 bits per heavy atom. The Hall–Kier alpha value is -3.04. The first kappa shape index (κ1) is 24.1. The van der Waals surface area contributed by atoms with E-state index in [4.69, 9.17) is 4.74 Å². The quantitative estimate of drug-likeness (QED) is 0.613. The molecular formula is C24H27F3N4O3. The predicted molar refractivity (Wildman–Crippen MR) is 117 cm³/mol. The molecule has 10 heteroatoms. The van der Waals surface area contributed by atoms with Gasteiger partial charge in [-0.2, -0.15) is 13.2 Å². The summed E-state index contributed by atoms with van der Waals surface area (Å²) in [6.45, 7) is 5.92. The number of alkyl halides is 3. The summed E-state index contributed by atoms with van der Waals surface area (Å²) >= 11 is 0. The standard InChI is InChI=1S/C24H27F3N4O3/c1-22(2,3)34-21(33)31-13-23(8-9-23)11-18(31)19(32)6-5-16-10-17(30-14-29-16)15-4-7-20(28-12-15)24(25,26)27/h4,7,10,12,14,18H,5-6,8-9,11,13H2,1-3H3/t18-/m0/s1. The number of halogens is 3. The highest BCUT2D eigenvalue weighted by atomic mass is 19.4. The van der Waals surface area contributed by atoms with Crippen LogP contribution >= 0.6 is 0 Å². The van der Waals surface area contributed by atoms with E-state index < -0.39 is 29.6 Å². The number of likely N-dealkylation sites (tertiary alicyclic amines) is 1. The number of rotatable bonds is 5. The molecule has 0 unspecified atom stereocenters. The van der Waals surface area contributed by atoms with Crippen LogP contribution in [-0.2, 0) is 22.1 Å². The zero-order valence-corrected chi connectivity index (χ0v) is 19.4. The highest BCUT2D eigenvalue weighted by Gasteiger charge is 2.55. The molecule has 4 rings (SSSR count). The second-order valence-corrected chi connectivity index (χ2v) is 10.1. The van der Waals surface area contributed by atoms with Crippen LogP contribution in [0.1, 0.15) is 57.8 Å². The van der Waals surface area contributed by atoms with Crippen molar-refractivity contribution in [3.05, 3.63) is 42.1 Å². The van der Waals surface area contributed by atoms with Gasteiger partial charge in [-0.15, -0.1) is 0 Å². The van der Waals surface area contributed by atoms with Crippen LogP contribution in [0.25, 0.3) is 11.3 Å². The highest BCUT2D eigenvalue weighted by molar-refractivity contribution is 5.88. The molecule has 1 amide bonds. The van der Waals surface area contributed by atoms with Gasteiger partial charge in [0.1, 0.15) is 17.6 Å². The summed E-state index contributed by atoms with van der Waals surface area (Å²) in [4.78, 5) is 39.1. The molecule has 7 nitrogen and oxygen atoms in total. The minimum Gasteiger partial charge on any atom is -0.444 e. The smallest absolute Gasteiger partial charge is 0.433 e. The molecule has 1 saturated heterocycles. The van der Waals surface area contributed by atoms with Crippen LogP contribution in [0, 0.1) is 5.41 Å². The van der Waals surface area contributed by atoms with E-state index in [1.807, 2.05) is 0 Å². The first-order valence-electron chi connectivity index (χ1n) is 11.2. The maximum Gasteiger partial charge on any atom is 0.433 e. The molecule has 1 saturated carbocycles. The van der Waals surface area contributed by atoms with Crippen molar-refractivity contribution in [2.24, 2.45) is 5.41 Å². The number of Topliss-reactive ketones (excluding diaryl/α,β-unsaturated/α-hetero) is 1. The van der Waals surface area contributed by atoms with Crippen molar-refractivity contribution in [3.63, 3.8) is 0 Å². The number of carbonyl (C=O) groups excluding carboxylic acids is 2. The zero-order chi connectivity index (χ0) is 24.7. The molecule has 34 heavy (non-hydrogen) atoms. The Morgan fingerprint density at radius 3 is 2.47 bits per heavy atom. The molecule has 0 aromatic carbocycles. The molecule has 0 N–H and O–H groups in total. The predicted octanol–water partition coefficient (Wildman–Crippen LogP) is 4.85. The van der Waals surface area contributed by atoms with Crippen LogP contribution in [0.4, 0.5) is 18.0 Å². The van der Waals surface area contributed by atoms with Gasteiger partial charge in [0, 0.05) is 30.4 Å². The lowest BCUT2D eigenvalue weighted by molar-refractivity contribution is -0.141. The Balaban J connectivity index is 1.42. The lowest BCUT2D eigenvalue weighted by Gasteiger charge is -2.28. The Labute approximate surface area is 195 Å². The number of nitrogens with zero attached hydrogens (tertiary/aromatic N) is 4. The Bertz CT molecular complexity index is 1080. The number of hydrogen-bond acceptors (Lipinski definition) is 6. The molecule has 2 fully saturated rings. The maximum absolute atomic E-state index is 13.1. The second-order valence-electron chi connectivity index (χ2n) is 10.1. The monoisotopic (exact) mass is 476 g/mol. The van der Waals surface area contributed by atoms with E-state index in [-0.39, 0.29) is 17.6 Å². The fourth-order valence-corrected chi connectivity index (χ4v) is 4.22. The third-order valence-corrected chi connectivity index (χ3v) is 6.17. The number of hydrogen-bond donors (Lipinski definition) is 0. The molecule has 1 aliphatic carbocycles. The van der Waals surface area contributed by atoms with E-state index in [1.54, 1.807) is 31.7 Å². The van der Waals surface area contributed by atoms with E-state index in [1.165, 1.54) is 12.4 Å². The average Bonchev–Trinajstić information content (AvgIpc) is 3.40. The molecule has 1 atom stereocenters. The van der Waals surface area contributed by atoms with Crippen LogP contribution < -0.4 is 0 Å². The summed E-state index contributed by atoms with van der Waals surface area (Å²) in [6, 6.07) is 3.33.